The summed E-state index contributed by atoms with van der Waals surface area (Å²) in [5, 5.41) is 2.86. The van der Waals surface area contributed by atoms with Gasteiger partial charge in [-0.15, -0.1) is 0 Å². The van der Waals surface area contributed by atoms with Crippen LogP contribution in [0.4, 0.5) is 0 Å². The summed E-state index contributed by atoms with van der Waals surface area (Å²) in [6.45, 7) is 5.78. The van der Waals surface area contributed by atoms with Crippen LogP contribution in [0, 0.1) is 5.92 Å². The summed E-state index contributed by atoms with van der Waals surface area (Å²) in [7, 11) is 0. The number of piperidine rings is 1. The fourth-order valence-electron chi connectivity index (χ4n) is 2.14. The Balaban J connectivity index is 2.40. The van der Waals surface area contributed by atoms with Crippen molar-refractivity contribution in [1.82, 2.24) is 10.2 Å². The van der Waals surface area contributed by atoms with Crippen molar-refractivity contribution in [2.24, 2.45) is 11.7 Å². The summed E-state index contributed by atoms with van der Waals surface area (Å²) >= 11 is 5.66. The van der Waals surface area contributed by atoms with Gasteiger partial charge in [0.1, 0.15) is 0 Å². The summed E-state index contributed by atoms with van der Waals surface area (Å²) in [5.41, 5.74) is 8.11. The lowest BCUT2D eigenvalue weighted by Crippen LogP contribution is -2.44. The van der Waals surface area contributed by atoms with Gasteiger partial charge in [-0.3, -0.25) is 9.69 Å². The van der Waals surface area contributed by atoms with E-state index < -0.39 is 0 Å². The smallest absolute Gasteiger partial charge is 0.224 e. The molecule has 17 heavy (non-hydrogen) atoms. The predicted molar refractivity (Wildman–Crippen MR) is 70.8 cm³/mol. The Morgan fingerprint density at radius 2 is 2.41 bits per heavy atom. The van der Waals surface area contributed by atoms with Crippen LogP contribution >= 0.6 is 11.6 Å². The zero-order valence-corrected chi connectivity index (χ0v) is 11.2. The van der Waals surface area contributed by atoms with Crippen molar-refractivity contribution in [2.45, 2.75) is 19.8 Å². The molecule has 1 aliphatic heterocycles. The number of hydrogen-bond acceptors (Lipinski definition) is 3. The van der Waals surface area contributed by atoms with Gasteiger partial charge < -0.3 is 11.1 Å². The molecule has 0 spiro atoms. The van der Waals surface area contributed by atoms with Crippen LogP contribution in [0.3, 0.4) is 0 Å². The van der Waals surface area contributed by atoms with Crippen molar-refractivity contribution < 1.29 is 4.79 Å². The first-order valence-corrected chi connectivity index (χ1v) is 6.57. The number of carbonyl (C=O) groups is 1. The van der Waals surface area contributed by atoms with Crippen LogP contribution in [0.5, 0.6) is 0 Å². The van der Waals surface area contributed by atoms with Crippen molar-refractivity contribution in [2.75, 3.05) is 32.7 Å². The van der Waals surface area contributed by atoms with Crippen LogP contribution in [0.15, 0.2) is 11.1 Å². The lowest BCUT2D eigenvalue weighted by molar-refractivity contribution is -0.126. The summed E-state index contributed by atoms with van der Waals surface area (Å²) in [5.74, 6) is 0.228. The van der Waals surface area contributed by atoms with E-state index in [-0.39, 0.29) is 11.8 Å². The number of hydrogen-bond donors (Lipinski definition) is 2. The highest BCUT2D eigenvalue weighted by molar-refractivity contribution is 6.25. The number of nitrogens with one attached hydrogen (secondary N) is 1. The molecule has 1 amide bonds. The molecule has 1 heterocycles. The van der Waals surface area contributed by atoms with Crippen LogP contribution < -0.4 is 11.1 Å². The number of amides is 1. The van der Waals surface area contributed by atoms with Crippen LogP contribution in [0.2, 0.25) is 0 Å². The second kappa shape index (κ2) is 7.69. The maximum absolute atomic E-state index is 11.8. The van der Waals surface area contributed by atoms with Gasteiger partial charge in [0.15, 0.2) is 0 Å². The van der Waals surface area contributed by atoms with E-state index in [1.807, 2.05) is 6.92 Å². The molecule has 1 fully saturated rings. The first-order valence-electron chi connectivity index (χ1n) is 6.13. The summed E-state index contributed by atoms with van der Waals surface area (Å²) < 4.78 is 0. The van der Waals surface area contributed by atoms with E-state index in [1.165, 1.54) is 0 Å². The zero-order valence-electron chi connectivity index (χ0n) is 10.4. The molecule has 1 saturated heterocycles. The lowest BCUT2D eigenvalue weighted by atomic mass is 9.97. The molecule has 0 saturated carbocycles. The van der Waals surface area contributed by atoms with Gasteiger partial charge in [-0.2, -0.15) is 0 Å². The topological polar surface area (TPSA) is 58.4 Å². The molecule has 1 rings (SSSR count). The van der Waals surface area contributed by atoms with E-state index in [0.717, 1.165) is 38.0 Å². The molecule has 0 aromatic carbocycles. The zero-order chi connectivity index (χ0) is 12.7. The standard InChI is InChI=1S/C12H22ClN3O/c1-10(7-13)8-16-6-2-3-11(9-16)12(17)15-5-4-14/h7,11H,2-6,8-9,14H2,1H3,(H,15,17). The fraction of sp³-hybridized carbons (Fsp3) is 0.750. The minimum atomic E-state index is 0.0958. The normalized spacial score (nSPS) is 22.5. The molecule has 0 aromatic heterocycles. The molecule has 4 nitrogen and oxygen atoms in total. The van der Waals surface area contributed by atoms with Crippen molar-refractivity contribution in [3.63, 3.8) is 0 Å². The molecule has 1 unspecified atom stereocenters. The Hall–Kier alpha value is -0.580. The van der Waals surface area contributed by atoms with Crippen molar-refractivity contribution >= 4 is 17.5 Å². The van der Waals surface area contributed by atoms with Gasteiger partial charge in [0.2, 0.25) is 5.91 Å². The fourth-order valence-corrected chi connectivity index (χ4v) is 2.21. The minimum absolute atomic E-state index is 0.0958. The van der Waals surface area contributed by atoms with Gasteiger partial charge in [-0.1, -0.05) is 11.6 Å². The molecule has 0 bridgehead atoms. The first kappa shape index (κ1) is 14.5. The second-order valence-electron chi connectivity index (χ2n) is 4.61. The molecule has 0 radical (unpaired) electrons. The summed E-state index contributed by atoms with van der Waals surface area (Å²) in [4.78, 5) is 14.1. The number of rotatable bonds is 5. The van der Waals surface area contributed by atoms with Crippen LogP contribution in [0.25, 0.3) is 0 Å². The third-order valence-corrected chi connectivity index (χ3v) is 3.35. The molecule has 98 valence electrons. The Kier molecular flexibility index (Phi) is 6.55. The number of likely N-dealkylation sites (tertiary alicyclic amines) is 1. The van der Waals surface area contributed by atoms with Gasteiger partial charge in [-0.25, -0.2) is 0 Å². The molecule has 0 aromatic rings. The largest absolute Gasteiger partial charge is 0.355 e. The van der Waals surface area contributed by atoms with Crippen LogP contribution in [0.1, 0.15) is 19.8 Å². The maximum atomic E-state index is 11.8. The maximum Gasteiger partial charge on any atom is 0.224 e. The Labute approximate surface area is 108 Å². The van der Waals surface area contributed by atoms with Gasteiger partial charge in [0, 0.05) is 31.7 Å². The molecule has 5 heteroatoms. The minimum Gasteiger partial charge on any atom is -0.355 e. The SMILES string of the molecule is CC(=CCl)CN1CCCC(C(=O)NCCN)C1. The highest BCUT2D eigenvalue weighted by atomic mass is 35.5. The van der Waals surface area contributed by atoms with Crippen LogP contribution in [-0.2, 0) is 4.79 Å². The van der Waals surface area contributed by atoms with Gasteiger partial charge >= 0.3 is 0 Å². The second-order valence-corrected chi connectivity index (χ2v) is 4.83. The van der Waals surface area contributed by atoms with E-state index in [9.17, 15) is 4.79 Å². The Morgan fingerprint density at radius 3 is 3.06 bits per heavy atom. The third-order valence-electron chi connectivity index (χ3n) is 2.98. The number of carbonyl (C=O) groups excluding carboxylic acids is 1. The average molecular weight is 260 g/mol. The molecular formula is C12H22ClN3O. The highest BCUT2D eigenvalue weighted by Gasteiger charge is 2.25. The first-order chi connectivity index (χ1) is 8.17. The monoisotopic (exact) mass is 259 g/mol. The summed E-state index contributed by atoms with van der Waals surface area (Å²) in [6.07, 6.45) is 2.03. The Morgan fingerprint density at radius 1 is 1.65 bits per heavy atom. The van der Waals surface area contributed by atoms with Gasteiger partial charge in [0.25, 0.3) is 0 Å². The summed E-state index contributed by atoms with van der Waals surface area (Å²) in [6, 6.07) is 0. The molecular weight excluding hydrogens is 238 g/mol. The number of nitrogens with zero attached hydrogens (tertiary/aromatic N) is 1. The van der Waals surface area contributed by atoms with Crippen molar-refractivity contribution in [3.8, 4) is 0 Å². The average Bonchev–Trinajstić information content (AvgIpc) is 2.36. The van der Waals surface area contributed by atoms with Crippen molar-refractivity contribution in [1.29, 1.82) is 0 Å². The van der Waals surface area contributed by atoms with Crippen LogP contribution in [-0.4, -0.2) is 43.5 Å². The van der Waals surface area contributed by atoms with E-state index >= 15 is 0 Å². The van der Waals surface area contributed by atoms with Gasteiger partial charge in [-0.05, 0) is 31.9 Å². The van der Waals surface area contributed by atoms with E-state index in [0.29, 0.717) is 13.1 Å². The van der Waals surface area contributed by atoms with E-state index in [1.54, 1.807) is 5.54 Å². The lowest BCUT2D eigenvalue weighted by Gasteiger charge is -2.32. The quantitative estimate of drug-likeness (QED) is 0.772. The number of halogens is 1. The predicted octanol–water partition coefficient (Wildman–Crippen LogP) is 0.916. The molecule has 0 aliphatic carbocycles. The van der Waals surface area contributed by atoms with Crippen molar-refractivity contribution in [3.05, 3.63) is 11.1 Å². The number of nitrogens with two attached hydrogens (primary N) is 1. The molecule has 1 atom stereocenters. The molecule has 1 aliphatic rings. The molecule has 3 N–H and O–H groups in total. The van der Waals surface area contributed by atoms with E-state index in [2.05, 4.69) is 10.2 Å². The van der Waals surface area contributed by atoms with E-state index in [4.69, 9.17) is 17.3 Å². The third kappa shape index (κ3) is 5.06. The van der Waals surface area contributed by atoms with Gasteiger partial charge in [0.05, 0.1) is 5.92 Å². The highest BCUT2D eigenvalue weighted by Crippen LogP contribution is 2.17. The Bertz CT molecular complexity index is 281.